The fourth-order valence-corrected chi connectivity index (χ4v) is 7.73. The van der Waals surface area contributed by atoms with Gasteiger partial charge < -0.3 is 28.4 Å². The number of unbranched alkanes of at least 4 members (excludes halogenated alkanes) is 12. The number of rotatable bonds is 28. The quantitative estimate of drug-likeness (QED) is 0.0267. The van der Waals surface area contributed by atoms with Crippen molar-refractivity contribution in [1.82, 2.24) is 0 Å². The summed E-state index contributed by atoms with van der Waals surface area (Å²) >= 11 is 0. The van der Waals surface area contributed by atoms with Crippen molar-refractivity contribution in [3.63, 3.8) is 0 Å². The first-order valence-electron chi connectivity index (χ1n) is 25.0. The Labute approximate surface area is 413 Å². The minimum atomic E-state index is -0.685. The topological polar surface area (TPSA) is 124 Å². The van der Waals surface area contributed by atoms with Crippen molar-refractivity contribution in [1.29, 1.82) is 0 Å². The van der Waals surface area contributed by atoms with Crippen LogP contribution in [0.5, 0.6) is 34.5 Å². The van der Waals surface area contributed by atoms with E-state index < -0.39 is 23.9 Å². The van der Waals surface area contributed by atoms with Crippen molar-refractivity contribution in [3.05, 3.63) is 168 Å². The number of benzene rings is 6. The van der Waals surface area contributed by atoms with Gasteiger partial charge in [0.25, 0.3) is 0 Å². The summed E-state index contributed by atoms with van der Waals surface area (Å²) in [5.74, 6) is -0.0306. The fraction of sp³-hybridized carbons (Fsp3) is 0.333. The van der Waals surface area contributed by atoms with Crippen molar-refractivity contribution in [2.75, 3.05) is 6.61 Å². The van der Waals surface area contributed by atoms with Gasteiger partial charge in [-0.3, -0.25) is 0 Å². The van der Waals surface area contributed by atoms with Crippen LogP contribution >= 0.6 is 0 Å². The summed E-state index contributed by atoms with van der Waals surface area (Å²) in [4.78, 5) is 51.9. The van der Waals surface area contributed by atoms with E-state index in [1.54, 1.807) is 48.5 Å². The normalized spacial score (nSPS) is 11.3. The fourth-order valence-electron chi connectivity index (χ4n) is 7.73. The summed E-state index contributed by atoms with van der Waals surface area (Å²) in [6.45, 7) is 7.20. The third kappa shape index (κ3) is 17.4. The molecule has 0 radical (unpaired) electrons. The molecule has 0 aliphatic carbocycles. The van der Waals surface area contributed by atoms with E-state index in [1.807, 2.05) is 43.3 Å². The van der Waals surface area contributed by atoms with Crippen LogP contribution in [0.4, 0.5) is 0 Å². The van der Waals surface area contributed by atoms with Crippen molar-refractivity contribution >= 4 is 23.9 Å². The van der Waals surface area contributed by atoms with Crippen molar-refractivity contribution in [3.8, 4) is 45.6 Å². The van der Waals surface area contributed by atoms with Crippen LogP contribution < -0.4 is 28.4 Å². The zero-order valence-electron chi connectivity index (χ0n) is 40.8. The third-order valence-corrected chi connectivity index (χ3v) is 11.8. The minimum Gasteiger partial charge on any atom is -0.494 e. The molecule has 70 heavy (non-hydrogen) atoms. The maximum absolute atomic E-state index is 13.0. The van der Waals surface area contributed by atoms with Gasteiger partial charge in [0.1, 0.15) is 34.5 Å². The molecule has 366 valence electrons. The molecule has 1 unspecified atom stereocenters. The lowest BCUT2D eigenvalue weighted by atomic mass is 10.0. The number of hydrogen-bond acceptors (Lipinski definition) is 10. The predicted molar refractivity (Wildman–Crippen MR) is 274 cm³/mol. The first-order chi connectivity index (χ1) is 34.2. The first-order valence-corrected chi connectivity index (χ1v) is 25.0. The molecular weight excluding hydrogens is 881 g/mol. The summed E-state index contributed by atoms with van der Waals surface area (Å²) in [5, 5.41) is 0. The van der Waals surface area contributed by atoms with Gasteiger partial charge in [-0.1, -0.05) is 121 Å². The molecule has 0 spiro atoms. The largest absolute Gasteiger partial charge is 0.494 e. The smallest absolute Gasteiger partial charge is 0.343 e. The highest BCUT2D eigenvalue weighted by Gasteiger charge is 2.16. The zero-order chi connectivity index (χ0) is 49.3. The number of carbonyl (C=O) groups excluding carboxylic acids is 4. The molecule has 6 aromatic carbocycles. The highest BCUT2D eigenvalue weighted by Crippen LogP contribution is 2.26. The van der Waals surface area contributed by atoms with Crippen LogP contribution in [0.15, 0.2) is 146 Å². The van der Waals surface area contributed by atoms with Crippen LogP contribution in [-0.4, -0.2) is 36.6 Å². The lowest BCUT2D eigenvalue weighted by molar-refractivity contribution is 0.0713. The Kier molecular flexibility index (Phi) is 21.1. The van der Waals surface area contributed by atoms with Crippen LogP contribution in [0.1, 0.15) is 159 Å². The monoisotopic (exact) mass is 946 g/mol. The van der Waals surface area contributed by atoms with Gasteiger partial charge in [0, 0.05) is 0 Å². The molecule has 0 fully saturated rings. The van der Waals surface area contributed by atoms with Gasteiger partial charge in [-0.15, -0.1) is 0 Å². The highest BCUT2D eigenvalue weighted by molar-refractivity contribution is 5.94. The Morgan fingerprint density at radius 2 is 0.743 bits per heavy atom. The van der Waals surface area contributed by atoms with Gasteiger partial charge in [0.15, 0.2) is 0 Å². The van der Waals surface area contributed by atoms with Crippen LogP contribution in [-0.2, 0) is 0 Å². The molecule has 0 N–H and O–H groups in total. The zero-order valence-corrected chi connectivity index (χ0v) is 40.8. The van der Waals surface area contributed by atoms with E-state index in [9.17, 15) is 19.2 Å². The van der Waals surface area contributed by atoms with Crippen LogP contribution in [0.3, 0.4) is 0 Å². The molecular formula is C60H66O10. The average molecular weight is 947 g/mol. The summed E-state index contributed by atoms with van der Waals surface area (Å²) in [6.07, 6.45) is 18.7. The maximum atomic E-state index is 13.0. The Balaban J connectivity index is 0.899. The maximum Gasteiger partial charge on any atom is 0.343 e. The average Bonchev–Trinajstić information content (AvgIpc) is 3.38. The molecule has 0 saturated heterocycles. The number of carbonyl (C=O) groups is 4. The molecule has 10 nitrogen and oxygen atoms in total. The standard InChI is InChI=1S/C60H66O10/c1-4-6-8-10-11-12-13-14-15-17-42-65-51-32-26-46(27-33-51)45-22-24-47(25-23-45)57(61)67-53-36-30-49(31-37-53)59(63)70-56-21-18-20-50(43-56)60(64)69-55-40-38-54(39-41-55)68-58(62)48-28-34-52(35-29-48)66-44(3)19-16-9-7-5-2/h18,20-41,43-44H,4-17,19,42H2,1-3H3. The molecule has 0 bridgehead atoms. The Bertz CT molecular complexity index is 2530. The molecule has 0 aliphatic heterocycles. The van der Waals surface area contributed by atoms with Crippen LogP contribution in [0, 0.1) is 0 Å². The summed E-state index contributed by atoms with van der Waals surface area (Å²) in [6, 6.07) is 40.1. The van der Waals surface area contributed by atoms with Crippen LogP contribution in [0.25, 0.3) is 11.1 Å². The molecule has 0 saturated carbocycles. The molecule has 0 amide bonds. The lowest BCUT2D eigenvalue weighted by Gasteiger charge is -2.14. The van der Waals surface area contributed by atoms with E-state index in [4.69, 9.17) is 28.4 Å². The molecule has 0 heterocycles. The summed E-state index contributed by atoms with van der Waals surface area (Å²) < 4.78 is 34.1. The second kappa shape index (κ2) is 28.3. The molecule has 0 aliphatic rings. The second-order valence-electron chi connectivity index (χ2n) is 17.5. The first kappa shape index (κ1) is 52.2. The van der Waals surface area contributed by atoms with E-state index in [0.717, 1.165) is 36.1 Å². The van der Waals surface area contributed by atoms with E-state index in [-0.39, 0.29) is 40.2 Å². The van der Waals surface area contributed by atoms with Gasteiger partial charge in [-0.2, -0.15) is 0 Å². The minimum absolute atomic E-state index is 0.0818. The van der Waals surface area contributed by atoms with E-state index in [2.05, 4.69) is 13.8 Å². The number of ether oxygens (including phenoxy) is 6. The van der Waals surface area contributed by atoms with Crippen molar-refractivity contribution in [2.45, 2.75) is 123 Å². The Morgan fingerprint density at radius 3 is 1.24 bits per heavy atom. The Morgan fingerprint density at radius 1 is 0.371 bits per heavy atom. The lowest BCUT2D eigenvalue weighted by Crippen LogP contribution is -2.12. The third-order valence-electron chi connectivity index (χ3n) is 11.8. The van der Waals surface area contributed by atoms with Crippen LogP contribution in [0.2, 0.25) is 0 Å². The van der Waals surface area contributed by atoms with Crippen molar-refractivity contribution in [2.24, 2.45) is 0 Å². The van der Waals surface area contributed by atoms with Gasteiger partial charge in [-0.25, -0.2) is 19.2 Å². The summed E-state index contributed by atoms with van der Waals surface area (Å²) in [5.41, 5.74) is 3.06. The Hall–Kier alpha value is -7.20. The molecule has 10 heteroatoms. The molecule has 1 atom stereocenters. The molecule has 6 rings (SSSR count). The van der Waals surface area contributed by atoms with Gasteiger partial charge >= 0.3 is 23.9 Å². The molecule has 0 aromatic heterocycles. The summed E-state index contributed by atoms with van der Waals surface area (Å²) in [7, 11) is 0. The number of hydrogen-bond donors (Lipinski definition) is 0. The predicted octanol–water partition coefficient (Wildman–Crippen LogP) is 15.3. The van der Waals surface area contributed by atoms with E-state index in [0.29, 0.717) is 23.5 Å². The van der Waals surface area contributed by atoms with Gasteiger partial charge in [0.05, 0.1) is 35.0 Å². The second-order valence-corrected chi connectivity index (χ2v) is 17.5. The number of esters is 4. The van der Waals surface area contributed by atoms with E-state index >= 15 is 0 Å². The SMILES string of the molecule is CCCCCCCCCCCCOc1ccc(-c2ccc(C(=O)Oc3ccc(C(=O)Oc4cccc(C(=O)Oc5ccc(OC(=O)c6ccc(OC(C)CCCCCC)cc6)cc5)c4)cc3)cc2)cc1. The van der Waals surface area contributed by atoms with Gasteiger partial charge in [0.2, 0.25) is 0 Å². The van der Waals surface area contributed by atoms with E-state index in [1.165, 1.54) is 138 Å². The van der Waals surface area contributed by atoms with Crippen molar-refractivity contribution < 1.29 is 47.6 Å². The highest BCUT2D eigenvalue weighted by atomic mass is 16.6. The molecule has 6 aromatic rings. The van der Waals surface area contributed by atoms with Gasteiger partial charge in [-0.05, 0) is 153 Å².